The molecular formula is C58H86N16O18P2. The van der Waals surface area contributed by atoms with Crippen LogP contribution in [-0.2, 0) is 60.8 Å². The van der Waals surface area contributed by atoms with Gasteiger partial charge in [0, 0.05) is 131 Å². The number of allylic oxidation sites excluding steroid dienone is 6. The Morgan fingerprint density at radius 1 is 0.798 bits per heavy atom. The molecule has 94 heavy (non-hydrogen) atoms. The Labute approximate surface area is 540 Å². The number of primary amides is 6. The second kappa shape index (κ2) is 26.7. The number of phosphoric acid groups is 2. The van der Waals surface area contributed by atoms with E-state index in [4.69, 9.17) is 68.9 Å². The summed E-state index contributed by atoms with van der Waals surface area (Å²) in [5, 5.41) is 27.8. The highest BCUT2D eigenvalue weighted by Gasteiger charge is 2.66. The number of aliphatic hydroxyl groups excluding tert-OH is 2. The molecule has 6 aliphatic heterocycles. The summed E-state index contributed by atoms with van der Waals surface area (Å²) >= 11 is 0. The van der Waals surface area contributed by atoms with Crippen LogP contribution in [0.2, 0.25) is 0 Å². The van der Waals surface area contributed by atoms with Gasteiger partial charge in [-0.1, -0.05) is 34.6 Å². The van der Waals surface area contributed by atoms with Gasteiger partial charge in [-0.15, -0.1) is 0 Å². The highest BCUT2D eigenvalue weighted by molar-refractivity contribution is 7.61. The third-order valence-electron chi connectivity index (χ3n) is 20.1. The van der Waals surface area contributed by atoms with Crippen LogP contribution in [0.5, 0.6) is 0 Å². The van der Waals surface area contributed by atoms with Gasteiger partial charge in [-0.25, -0.2) is 14.1 Å². The van der Waals surface area contributed by atoms with Crippen LogP contribution in [0.3, 0.4) is 0 Å². The number of nitrogens with one attached hydrogen (secondary N) is 3. The van der Waals surface area contributed by atoms with Crippen molar-refractivity contribution < 1.29 is 80.8 Å². The molecule has 6 aliphatic rings. The number of carbonyl (C=O) groups is 7. The second-order valence-corrected chi connectivity index (χ2v) is 29.9. The van der Waals surface area contributed by atoms with Crippen LogP contribution in [0.15, 0.2) is 60.4 Å². The summed E-state index contributed by atoms with van der Waals surface area (Å²) < 4.78 is 47.7. The van der Waals surface area contributed by atoms with Gasteiger partial charge in [0.25, 0.3) is 5.56 Å². The summed E-state index contributed by atoms with van der Waals surface area (Å²) in [7, 11) is -11.1. The van der Waals surface area contributed by atoms with E-state index >= 15 is 0 Å². The first-order valence-electron chi connectivity index (χ1n) is 30.6. The van der Waals surface area contributed by atoms with E-state index in [9.17, 15) is 67.5 Å². The van der Waals surface area contributed by atoms with Crippen LogP contribution in [0, 0.1) is 45.3 Å². The normalized spacial score (nSPS) is 31.9. The standard InChI is InChI=1S/C58H86N16O18P2/c1-25(91-94(87,88)92-93(85,86)89-23-33-45(82)46(83)52(90-33)74-24-67-44-50(74)71-53(65)72-51(44)84)22-66-41(81)16-17-55(6)31(18-38(62)78)49-58(9)57(8,21-40(64)80)30(12-15-37(61)77)43(73-58)27(3)48-56(7,20-39(63)79)28(10-13-35(59)75)32(68-48)19-34-54(4,5)29(11-14-36(60)76)42(69-34)26(2)47(55)70-49/h19,24-25,28-31,33,45-46,49,52,68,82-83H,10-18,20-23H2,1-9H3,(H2,59,75)(H2,60,76)(H2,61,77)(H2,62,78)(H2,63,79)(H2,64,80)(H,66,81)(H,85,86)(H,87,88)(H3,65,71,72,84)/t25-,28-,29-,30-,31+,33-,45-,46-,49-,52-,55-,56+,57+,58+/m1/s1. The predicted molar refractivity (Wildman–Crippen MR) is 338 cm³/mol. The molecule has 8 rings (SSSR count). The van der Waals surface area contributed by atoms with Gasteiger partial charge in [-0.3, -0.25) is 71.9 Å². The fourth-order valence-corrected chi connectivity index (χ4v) is 17.4. The molecule has 0 spiro atoms. The van der Waals surface area contributed by atoms with Gasteiger partial charge in [0.1, 0.15) is 18.3 Å². The number of amides is 7. The first kappa shape index (κ1) is 72.4. The zero-order chi connectivity index (χ0) is 69.9. The topological polar surface area (TPSA) is 578 Å². The highest BCUT2D eigenvalue weighted by Crippen LogP contribution is 2.64. The lowest BCUT2D eigenvalue weighted by molar-refractivity contribution is -0.124. The Kier molecular flexibility index (Phi) is 20.5. The number of imidazole rings is 1. The van der Waals surface area contributed by atoms with Gasteiger partial charge in [-0.05, 0) is 70.6 Å². The molecule has 34 nitrogen and oxygen atoms in total. The van der Waals surface area contributed by atoms with Crippen LogP contribution >= 0.6 is 15.6 Å². The highest BCUT2D eigenvalue weighted by atomic mass is 31.3. The van der Waals surface area contributed by atoms with Crippen molar-refractivity contribution in [1.82, 2.24) is 30.2 Å². The number of aromatic nitrogens is 4. The molecule has 516 valence electrons. The maximum Gasteiger partial charge on any atom is 0.481 e. The SMILES string of the molecule is CC1=C2N=C(C=C3NC(=C(C)C4=N[C@@](C)([C@@H]5N=C1[C@](C)(CCC(=O)NC[C@@H](C)OP(=O)(O)OP(=O)(O)OC[C@H]1O[C@@H](n6cnc7c(=O)[nH]c(N)nc76)[C@H](O)[C@@H]1O)[C@H]5CC(N)=O)[C@@](C)(CC(N)=O)[C@@H]4CCC(N)=O)[C@@](C)(CC(N)=O)[C@@H]3CCC(N)=O)C(C)(C)[C@@H]2CCC(N)=O. The van der Waals surface area contributed by atoms with Gasteiger partial charge in [0.15, 0.2) is 17.4 Å². The van der Waals surface area contributed by atoms with Crippen molar-refractivity contribution in [2.45, 2.75) is 175 Å². The summed E-state index contributed by atoms with van der Waals surface area (Å²) in [4.78, 5) is 154. The van der Waals surface area contributed by atoms with Gasteiger partial charge in [0.05, 0.1) is 30.6 Å². The number of H-pyrrole nitrogens is 1. The summed E-state index contributed by atoms with van der Waals surface area (Å²) in [6.45, 7) is 14.4. The van der Waals surface area contributed by atoms with Crippen molar-refractivity contribution in [3.8, 4) is 0 Å². The number of ether oxygens (including phenoxy) is 1. The Hall–Kier alpha value is -7.39. The van der Waals surface area contributed by atoms with E-state index in [1.165, 1.54) is 6.92 Å². The minimum absolute atomic E-state index is 0.0310. The van der Waals surface area contributed by atoms with Gasteiger partial charge < -0.3 is 75.5 Å². The van der Waals surface area contributed by atoms with E-state index in [2.05, 4.69) is 29.9 Å². The molecule has 0 radical (unpaired) electrons. The van der Waals surface area contributed by atoms with E-state index in [0.29, 0.717) is 45.4 Å². The van der Waals surface area contributed by atoms with Crippen molar-refractivity contribution in [3.05, 3.63) is 51.0 Å². The van der Waals surface area contributed by atoms with Crippen LogP contribution in [-0.4, -0.2) is 147 Å². The Morgan fingerprint density at radius 3 is 2.00 bits per heavy atom. The molecule has 0 aromatic carbocycles. The fourth-order valence-electron chi connectivity index (χ4n) is 15.1. The number of anilines is 1. The molecule has 36 heteroatoms. The quantitative estimate of drug-likeness (QED) is 0.0510. The molecule has 2 saturated heterocycles. The lowest BCUT2D eigenvalue weighted by atomic mass is 9.55. The predicted octanol–water partition coefficient (Wildman–Crippen LogP) is 0.329. The van der Waals surface area contributed by atoms with Crippen LogP contribution in [0.4, 0.5) is 5.95 Å². The Morgan fingerprint density at radius 2 is 1.40 bits per heavy atom. The summed E-state index contributed by atoms with van der Waals surface area (Å²) in [6, 6.07) is -1.10. The van der Waals surface area contributed by atoms with E-state index in [0.717, 1.165) is 10.9 Å². The summed E-state index contributed by atoms with van der Waals surface area (Å²) in [6.07, 6.45) is -6.50. The number of aliphatic imine (C=N–C) groups is 3. The zero-order valence-electron chi connectivity index (χ0n) is 53.7. The van der Waals surface area contributed by atoms with Crippen molar-refractivity contribution in [2.24, 2.45) is 94.7 Å². The lowest BCUT2D eigenvalue weighted by Crippen LogP contribution is -2.56. The number of hydrogen-bond acceptors (Lipinski definition) is 23. The lowest BCUT2D eigenvalue weighted by Gasteiger charge is -2.48. The molecule has 0 aliphatic carbocycles. The average Bonchev–Trinajstić information content (AvgIpc) is 1.53. The van der Waals surface area contributed by atoms with Crippen molar-refractivity contribution >= 4 is 91.2 Å². The molecule has 21 N–H and O–H groups in total. The Bertz CT molecular complexity index is 3820. The third-order valence-corrected chi connectivity index (χ3v) is 22.8. The molecule has 8 bridgehead atoms. The molecule has 2 aromatic rings. The number of fused-ring (bicyclic) bond motifs is 7. The van der Waals surface area contributed by atoms with Crippen LogP contribution in [0.25, 0.3) is 11.2 Å². The number of rotatable bonds is 28. The van der Waals surface area contributed by atoms with Crippen molar-refractivity contribution in [3.63, 3.8) is 0 Å². The fraction of sp³-hybridized carbons (Fsp3) is 0.638. The number of nitrogen functional groups attached to an aromatic ring is 1. The molecule has 2 aromatic heterocycles. The van der Waals surface area contributed by atoms with Gasteiger partial charge >= 0.3 is 15.6 Å². The Balaban J connectivity index is 1.13. The van der Waals surface area contributed by atoms with E-state index < -0.39 is 163 Å². The van der Waals surface area contributed by atoms with Crippen molar-refractivity contribution in [1.29, 1.82) is 0 Å². The molecule has 16 atom stereocenters. The van der Waals surface area contributed by atoms with Gasteiger partial charge in [0.2, 0.25) is 47.3 Å². The maximum absolute atomic E-state index is 14.3. The summed E-state index contributed by atoms with van der Waals surface area (Å²) in [5.74, 6) is -7.99. The average molecular weight is 1360 g/mol. The first-order valence-corrected chi connectivity index (χ1v) is 33.6. The van der Waals surface area contributed by atoms with E-state index in [-0.39, 0.29) is 87.7 Å². The number of nitrogens with zero attached hydrogens (tertiary/aromatic N) is 6. The number of phosphoric ester groups is 2. The number of aromatic amines is 1. The molecular weight excluding hydrogens is 1270 g/mol. The van der Waals surface area contributed by atoms with E-state index in [1.807, 2.05) is 26.8 Å². The molecule has 8 heterocycles. The van der Waals surface area contributed by atoms with E-state index in [1.54, 1.807) is 34.6 Å². The second-order valence-electron chi connectivity index (χ2n) is 26.9. The van der Waals surface area contributed by atoms with Crippen LogP contribution < -0.4 is 56.3 Å². The summed E-state index contributed by atoms with van der Waals surface area (Å²) in [5.41, 5.74) is 38.1. The largest absolute Gasteiger partial charge is 0.481 e. The molecule has 7 amide bonds. The molecule has 2 fully saturated rings. The van der Waals surface area contributed by atoms with Gasteiger partial charge in [-0.2, -0.15) is 9.29 Å². The molecule has 2 unspecified atom stereocenters. The minimum atomic E-state index is -5.56. The number of nitrogens with two attached hydrogens (primary N) is 7. The minimum Gasteiger partial charge on any atom is -0.387 e. The number of carbonyl (C=O) groups excluding carboxylic acids is 7. The first-order chi connectivity index (χ1) is 43.5. The maximum atomic E-state index is 14.3. The smallest absolute Gasteiger partial charge is 0.387 e. The number of aliphatic hydroxyl groups is 2. The monoisotopic (exact) mass is 1360 g/mol. The third kappa shape index (κ3) is 14.1. The number of hydrogen-bond donors (Lipinski definition) is 14. The van der Waals surface area contributed by atoms with Crippen LogP contribution in [0.1, 0.15) is 139 Å². The zero-order valence-corrected chi connectivity index (χ0v) is 55.5. The molecule has 0 saturated carbocycles. The van der Waals surface area contributed by atoms with Crippen molar-refractivity contribution in [2.75, 3.05) is 18.9 Å².